The van der Waals surface area contributed by atoms with Crippen LogP contribution in [0, 0.1) is 22.7 Å². The molecular weight excluding hydrogens is 410 g/mol. The molecule has 4 rings (SSSR count). The molecule has 2 saturated carbocycles. The van der Waals surface area contributed by atoms with Gasteiger partial charge in [-0.1, -0.05) is 45.8 Å². The number of nitrogens with zero attached hydrogens (tertiary/aromatic N) is 5. The summed E-state index contributed by atoms with van der Waals surface area (Å²) in [4.78, 5) is 13.4. The Morgan fingerprint density at radius 2 is 1.97 bits per heavy atom. The van der Waals surface area contributed by atoms with Crippen LogP contribution in [0.1, 0.15) is 79.6 Å². The van der Waals surface area contributed by atoms with Crippen LogP contribution in [0.4, 0.5) is 0 Å². The van der Waals surface area contributed by atoms with Crippen molar-refractivity contribution in [3.05, 3.63) is 29.8 Å². The SMILES string of the molecule is CN=c1ncn(C)c2ncn(C/C=C(\C)CC[C@]3(C)[C@@H](C)CC[C@@]4(O)[C@H]3CCCC4(C)C)c12. The third kappa shape index (κ3) is 3.98. The first kappa shape index (κ1) is 24.2. The molecule has 33 heavy (non-hydrogen) atoms. The van der Waals surface area contributed by atoms with E-state index in [0.29, 0.717) is 11.8 Å². The summed E-state index contributed by atoms with van der Waals surface area (Å²) in [5, 5.41) is 11.9. The molecule has 2 aromatic heterocycles. The van der Waals surface area contributed by atoms with E-state index in [9.17, 15) is 5.11 Å². The minimum absolute atomic E-state index is 0.0108. The van der Waals surface area contributed by atoms with E-state index in [2.05, 4.69) is 60.2 Å². The van der Waals surface area contributed by atoms with Crippen molar-refractivity contribution >= 4 is 11.2 Å². The van der Waals surface area contributed by atoms with Gasteiger partial charge in [0.15, 0.2) is 11.1 Å². The molecule has 0 amide bonds. The van der Waals surface area contributed by atoms with E-state index in [1.807, 2.05) is 17.9 Å². The van der Waals surface area contributed by atoms with Gasteiger partial charge in [-0.2, -0.15) is 0 Å². The number of hydrogen-bond acceptors (Lipinski definition) is 4. The maximum absolute atomic E-state index is 11.9. The van der Waals surface area contributed by atoms with Gasteiger partial charge in [0.2, 0.25) is 0 Å². The highest BCUT2D eigenvalue weighted by atomic mass is 16.3. The van der Waals surface area contributed by atoms with Gasteiger partial charge in [-0.05, 0) is 68.1 Å². The van der Waals surface area contributed by atoms with E-state index in [-0.39, 0.29) is 10.8 Å². The third-order valence-corrected chi connectivity index (χ3v) is 9.55. The number of rotatable bonds is 5. The lowest BCUT2D eigenvalue weighted by atomic mass is 9.45. The summed E-state index contributed by atoms with van der Waals surface area (Å²) >= 11 is 0. The fourth-order valence-electron chi connectivity index (χ4n) is 6.83. The van der Waals surface area contributed by atoms with Crippen LogP contribution in [-0.2, 0) is 13.6 Å². The summed E-state index contributed by atoms with van der Waals surface area (Å²) < 4.78 is 4.08. The van der Waals surface area contributed by atoms with Crippen LogP contribution in [0.25, 0.3) is 11.2 Å². The van der Waals surface area contributed by atoms with E-state index in [1.54, 1.807) is 13.4 Å². The molecule has 0 unspecified atom stereocenters. The Bertz CT molecular complexity index is 1110. The number of aliphatic hydroxyl groups is 1. The van der Waals surface area contributed by atoms with Crippen molar-refractivity contribution in [2.75, 3.05) is 7.05 Å². The molecule has 2 aromatic rings. The molecule has 2 aliphatic carbocycles. The topological polar surface area (TPSA) is 68.2 Å². The van der Waals surface area contributed by atoms with Crippen molar-refractivity contribution < 1.29 is 5.11 Å². The van der Waals surface area contributed by atoms with Crippen molar-refractivity contribution in [1.29, 1.82) is 0 Å². The van der Waals surface area contributed by atoms with Crippen LogP contribution in [0.3, 0.4) is 0 Å². The number of imidazole rings is 1. The molecule has 0 spiro atoms. The van der Waals surface area contributed by atoms with E-state index in [4.69, 9.17) is 0 Å². The van der Waals surface area contributed by atoms with Crippen LogP contribution in [0.2, 0.25) is 0 Å². The molecule has 0 aliphatic heterocycles. The second-order valence-corrected chi connectivity index (χ2v) is 11.7. The number of aromatic nitrogens is 4. The van der Waals surface area contributed by atoms with Crippen molar-refractivity contribution in [3.8, 4) is 0 Å². The standard InChI is InChI=1S/C27H43N5O/c1-19(12-16-32-18-30-24-22(32)23(28-6)29-17-31(24)7)10-14-26(5)20(2)11-15-27(33)21(26)9-8-13-25(27,3)4/h12,17-18,20-21,33H,8-11,13-16H2,1-7H3/b19-12+,28-23?/t20-,21-,26+,27+/m0/s1. The predicted octanol–water partition coefficient (Wildman–Crippen LogP) is 5.02. The van der Waals surface area contributed by atoms with E-state index in [0.717, 1.165) is 61.7 Å². The first-order valence-electron chi connectivity index (χ1n) is 12.7. The van der Waals surface area contributed by atoms with Gasteiger partial charge in [0, 0.05) is 20.6 Å². The predicted molar refractivity (Wildman–Crippen MR) is 134 cm³/mol. The van der Waals surface area contributed by atoms with Gasteiger partial charge in [0.25, 0.3) is 0 Å². The number of hydrogen-bond donors (Lipinski definition) is 1. The monoisotopic (exact) mass is 453 g/mol. The lowest BCUT2D eigenvalue weighted by Crippen LogP contribution is -2.62. The van der Waals surface area contributed by atoms with Crippen LogP contribution >= 0.6 is 0 Å². The Labute approximate surface area is 198 Å². The number of allylic oxidation sites excluding steroid dienone is 2. The van der Waals surface area contributed by atoms with Crippen molar-refractivity contribution in [2.45, 2.75) is 91.7 Å². The zero-order chi connectivity index (χ0) is 24.0. The first-order valence-corrected chi connectivity index (χ1v) is 12.7. The molecule has 6 heteroatoms. The third-order valence-electron chi connectivity index (χ3n) is 9.55. The quantitative estimate of drug-likeness (QED) is 0.646. The number of aryl methyl sites for hydroxylation is 1. The fourth-order valence-corrected chi connectivity index (χ4v) is 6.83. The molecule has 0 bridgehead atoms. The summed E-state index contributed by atoms with van der Waals surface area (Å²) in [7, 11) is 3.74. The maximum atomic E-state index is 11.9. The maximum Gasteiger partial charge on any atom is 0.176 e. The Kier molecular flexibility index (Phi) is 6.36. The van der Waals surface area contributed by atoms with Gasteiger partial charge < -0.3 is 14.2 Å². The van der Waals surface area contributed by atoms with Gasteiger partial charge in [0.1, 0.15) is 5.52 Å². The molecule has 182 valence electrons. The summed E-state index contributed by atoms with van der Waals surface area (Å²) in [6.07, 6.45) is 13.8. The van der Waals surface area contributed by atoms with Crippen molar-refractivity contribution in [3.63, 3.8) is 0 Å². The van der Waals surface area contributed by atoms with Crippen LogP contribution < -0.4 is 5.49 Å². The van der Waals surface area contributed by atoms with Crippen molar-refractivity contribution in [2.24, 2.45) is 34.7 Å². The highest BCUT2D eigenvalue weighted by Crippen LogP contribution is 2.62. The van der Waals surface area contributed by atoms with E-state index < -0.39 is 5.60 Å². The summed E-state index contributed by atoms with van der Waals surface area (Å²) in [5.41, 5.74) is 3.67. The Balaban J connectivity index is 1.52. The molecule has 4 atom stereocenters. The van der Waals surface area contributed by atoms with Gasteiger partial charge >= 0.3 is 0 Å². The first-order chi connectivity index (χ1) is 15.5. The van der Waals surface area contributed by atoms with Crippen LogP contribution in [0.5, 0.6) is 0 Å². The minimum Gasteiger partial charge on any atom is -0.389 e. The smallest absolute Gasteiger partial charge is 0.176 e. The molecular formula is C27H43N5O. The highest BCUT2D eigenvalue weighted by Gasteiger charge is 2.60. The largest absolute Gasteiger partial charge is 0.389 e. The lowest BCUT2D eigenvalue weighted by molar-refractivity contribution is -0.212. The van der Waals surface area contributed by atoms with Gasteiger partial charge in [0.05, 0.1) is 18.3 Å². The molecule has 0 aromatic carbocycles. The molecule has 1 N–H and O–H groups in total. The fraction of sp³-hybridized carbons (Fsp3) is 0.741. The number of fused-ring (bicyclic) bond motifs is 2. The summed E-state index contributed by atoms with van der Waals surface area (Å²) in [6.45, 7) is 12.5. The molecule has 0 radical (unpaired) electrons. The second kappa shape index (κ2) is 8.68. The molecule has 2 aliphatic rings. The van der Waals surface area contributed by atoms with Gasteiger partial charge in [-0.3, -0.25) is 4.99 Å². The second-order valence-electron chi connectivity index (χ2n) is 11.7. The van der Waals surface area contributed by atoms with Crippen molar-refractivity contribution in [1.82, 2.24) is 19.1 Å². The zero-order valence-corrected chi connectivity index (χ0v) is 21.7. The summed E-state index contributed by atoms with van der Waals surface area (Å²) in [6, 6.07) is 0. The molecule has 2 heterocycles. The van der Waals surface area contributed by atoms with Gasteiger partial charge in [-0.15, -0.1) is 0 Å². The molecule has 0 saturated heterocycles. The normalized spacial score (nSPS) is 32.8. The highest BCUT2D eigenvalue weighted by molar-refractivity contribution is 5.69. The average molecular weight is 454 g/mol. The Hall–Kier alpha value is -1.95. The molecule has 6 nitrogen and oxygen atoms in total. The Morgan fingerprint density at radius 1 is 1.21 bits per heavy atom. The van der Waals surface area contributed by atoms with Gasteiger partial charge in [-0.25, -0.2) is 9.97 Å². The lowest BCUT2D eigenvalue weighted by Gasteiger charge is -2.62. The summed E-state index contributed by atoms with van der Waals surface area (Å²) in [5.74, 6) is 1.03. The molecule has 2 fully saturated rings. The van der Waals surface area contributed by atoms with Crippen LogP contribution in [0.15, 0.2) is 29.3 Å². The van der Waals surface area contributed by atoms with E-state index >= 15 is 0 Å². The Morgan fingerprint density at radius 3 is 2.70 bits per heavy atom. The van der Waals surface area contributed by atoms with Crippen LogP contribution in [-0.4, -0.2) is 36.9 Å². The minimum atomic E-state index is -0.525. The average Bonchev–Trinajstić information content (AvgIpc) is 3.21. The zero-order valence-electron chi connectivity index (χ0n) is 21.7. The van der Waals surface area contributed by atoms with E-state index in [1.165, 1.54) is 12.0 Å².